The van der Waals surface area contributed by atoms with E-state index in [2.05, 4.69) is 6.58 Å². The minimum Gasteiger partial charge on any atom is -0.497 e. The van der Waals surface area contributed by atoms with Gasteiger partial charge in [-0.05, 0) is 0 Å². The van der Waals surface area contributed by atoms with Gasteiger partial charge in [0.15, 0.2) is 0 Å². The van der Waals surface area contributed by atoms with Gasteiger partial charge in [0.1, 0.15) is 5.76 Å². The molecule has 0 N–H and O–H groups in total. The van der Waals surface area contributed by atoms with Gasteiger partial charge in [0.25, 0.3) is 0 Å². The zero-order valence-corrected chi connectivity index (χ0v) is 8.00. The fourth-order valence-electron chi connectivity index (χ4n) is 0.742. The molecule has 0 aliphatic rings. The summed E-state index contributed by atoms with van der Waals surface area (Å²) in [6, 6.07) is 9.81. The molecule has 0 atom stereocenters. The van der Waals surface area contributed by atoms with E-state index in [0.29, 0.717) is 5.76 Å². The van der Waals surface area contributed by atoms with Crippen LogP contribution in [0.25, 0.3) is 5.76 Å². The Kier molecular flexibility index (Phi) is 5.80. The molecule has 0 heterocycles. The highest BCUT2D eigenvalue weighted by atomic mass is 16.5. The summed E-state index contributed by atoms with van der Waals surface area (Å²) in [5, 5.41) is 0. The van der Waals surface area contributed by atoms with Crippen molar-refractivity contribution in [3.8, 4) is 0 Å². The first-order valence-corrected chi connectivity index (χ1v) is 4.13. The molecule has 1 nitrogen and oxygen atoms in total. The highest BCUT2D eigenvalue weighted by molar-refractivity contribution is 5.56. The first kappa shape index (κ1) is 10.8. The highest BCUT2D eigenvalue weighted by Gasteiger charge is 1.92. The molecule has 0 saturated heterocycles. The number of ether oxygens (including phenoxy) is 1. The lowest BCUT2D eigenvalue weighted by Crippen LogP contribution is -1.82. The SMILES string of the molecule is C=C(OC)c1ccccc1.CC. The summed E-state index contributed by atoms with van der Waals surface area (Å²) in [5.74, 6) is 0.709. The van der Waals surface area contributed by atoms with Gasteiger partial charge in [0, 0.05) is 5.56 Å². The molecular formula is C11H16O. The van der Waals surface area contributed by atoms with Crippen molar-refractivity contribution in [2.75, 3.05) is 7.11 Å². The van der Waals surface area contributed by atoms with Crippen molar-refractivity contribution < 1.29 is 4.74 Å². The van der Waals surface area contributed by atoms with Crippen molar-refractivity contribution in [3.05, 3.63) is 42.5 Å². The summed E-state index contributed by atoms with van der Waals surface area (Å²) >= 11 is 0. The molecular weight excluding hydrogens is 148 g/mol. The molecule has 12 heavy (non-hydrogen) atoms. The third-order valence-electron chi connectivity index (χ3n) is 1.34. The van der Waals surface area contributed by atoms with Gasteiger partial charge in [-0.2, -0.15) is 0 Å². The maximum Gasteiger partial charge on any atom is 0.118 e. The standard InChI is InChI=1S/C9H10O.C2H6/c1-8(10-2)9-6-4-3-5-7-9;1-2/h3-7H,1H2,2H3;1-2H3. The quantitative estimate of drug-likeness (QED) is 0.609. The molecule has 66 valence electrons. The molecule has 0 amide bonds. The molecule has 0 unspecified atom stereocenters. The fraction of sp³-hybridized carbons (Fsp3) is 0.273. The first-order chi connectivity index (χ1) is 5.84. The monoisotopic (exact) mass is 164 g/mol. The van der Waals surface area contributed by atoms with Crippen LogP contribution in [0.1, 0.15) is 19.4 Å². The lowest BCUT2D eigenvalue weighted by Gasteiger charge is -2.01. The van der Waals surface area contributed by atoms with Crippen molar-refractivity contribution in [1.29, 1.82) is 0 Å². The lowest BCUT2D eigenvalue weighted by molar-refractivity contribution is 0.371. The van der Waals surface area contributed by atoms with Crippen LogP contribution in [0.2, 0.25) is 0 Å². The van der Waals surface area contributed by atoms with Crippen LogP contribution in [-0.4, -0.2) is 7.11 Å². The van der Waals surface area contributed by atoms with Crippen molar-refractivity contribution in [3.63, 3.8) is 0 Å². The van der Waals surface area contributed by atoms with Gasteiger partial charge in [0.2, 0.25) is 0 Å². The second-order valence-corrected chi connectivity index (χ2v) is 1.99. The van der Waals surface area contributed by atoms with E-state index in [9.17, 15) is 0 Å². The molecule has 0 spiro atoms. The summed E-state index contributed by atoms with van der Waals surface area (Å²) in [6.45, 7) is 7.72. The van der Waals surface area contributed by atoms with E-state index in [1.165, 1.54) is 0 Å². The van der Waals surface area contributed by atoms with E-state index in [0.717, 1.165) is 5.56 Å². The Hall–Kier alpha value is -1.24. The maximum atomic E-state index is 4.94. The van der Waals surface area contributed by atoms with E-state index < -0.39 is 0 Å². The van der Waals surface area contributed by atoms with Crippen molar-refractivity contribution in [1.82, 2.24) is 0 Å². The average Bonchev–Trinajstić information content (AvgIpc) is 2.21. The van der Waals surface area contributed by atoms with Crippen molar-refractivity contribution in [2.24, 2.45) is 0 Å². The smallest absolute Gasteiger partial charge is 0.118 e. The number of hydrogen-bond acceptors (Lipinski definition) is 1. The molecule has 1 aromatic rings. The Labute approximate surface area is 74.7 Å². The minimum atomic E-state index is 0.709. The average molecular weight is 164 g/mol. The van der Waals surface area contributed by atoms with Crippen LogP contribution >= 0.6 is 0 Å². The molecule has 0 fully saturated rings. The molecule has 1 heteroatoms. The highest BCUT2D eigenvalue weighted by Crippen LogP contribution is 2.10. The largest absolute Gasteiger partial charge is 0.497 e. The van der Waals surface area contributed by atoms with Crippen molar-refractivity contribution in [2.45, 2.75) is 13.8 Å². The van der Waals surface area contributed by atoms with Gasteiger partial charge in [0.05, 0.1) is 7.11 Å². The Morgan fingerprint density at radius 1 is 1.17 bits per heavy atom. The summed E-state index contributed by atoms with van der Waals surface area (Å²) in [7, 11) is 1.62. The second kappa shape index (κ2) is 6.47. The predicted octanol–water partition coefficient (Wildman–Crippen LogP) is 3.33. The van der Waals surface area contributed by atoms with Crippen LogP contribution in [0.15, 0.2) is 36.9 Å². The summed E-state index contributed by atoms with van der Waals surface area (Å²) in [4.78, 5) is 0. The Bertz CT molecular complexity index is 214. The number of rotatable bonds is 2. The van der Waals surface area contributed by atoms with E-state index >= 15 is 0 Å². The molecule has 0 bridgehead atoms. The Balaban J connectivity index is 0.000000561. The van der Waals surface area contributed by atoms with Crippen LogP contribution in [0.4, 0.5) is 0 Å². The van der Waals surface area contributed by atoms with Crippen molar-refractivity contribution >= 4 is 5.76 Å². The normalized spacial score (nSPS) is 7.92. The lowest BCUT2D eigenvalue weighted by atomic mass is 10.2. The van der Waals surface area contributed by atoms with E-state index in [4.69, 9.17) is 4.74 Å². The van der Waals surface area contributed by atoms with E-state index in [-0.39, 0.29) is 0 Å². The third kappa shape index (κ3) is 3.24. The summed E-state index contributed by atoms with van der Waals surface area (Å²) < 4.78 is 4.94. The number of hydrogen-bond donors (Lipinski definition) is 0. The zero-order valence-electron chi connectivity index (χ0n) is 8.00. The molecule has 0 aliphatic heterocycles. The van der Waals surface area contributed by atoms with Gasteiger partial charge in [-0.25, -0.2) is 0 Å². The van der Waals surface area contributed by atoms with Gasteiger partial charge < -0.3 is 4.74 Å². The molecule has 0 aromatic heterocycles. The topological polar surface area (TPSA) is 9.23 Å². The van der Waals surface area contributed by atoms with Gasteiger partial charge >= 0.3 is 0 Å². The molecule has 0 aliphatic carbocycles. The summed E-state index contributed by atoms with van der Waals surface area (Å²) in [6.07, 6.45) is 0. The van der Waals surface area contributed by atoms with Gasteiger partial charge in [-0.3, -0.25) is 0 Å². The van der Waals surface area contributed by atoms with Crippen LogP contribution < -0.4 is 0 Å². The van der Waals surface area contributed by atoms with Gasteiger partial charge in [-0.15, -0.1) is 0 Å². The third-order valence-corrected chi connectivity index (χ3v) is 1.34. The second-order valence-electron chi connectivity index (χ2n) is 1.99. The molecule has 0 radical (unpaired) electrons. The van der Waals surface area contributed by atoms with Crippen LogP contribution in [0, 0.1) is 0 Å². The number of methoxy groups -OCH3 is 1. The zero-order chi connectivity index (χ0) is 9.40. The predicted molar refractivity (Wildman–Crippen MR) is 53.8 cm³/mol. The fourth-order valence-corrected chi connectivity index (χ4v) is 0.742. The van der Waals surface area contributed by atoms with Crippen LogP contribution in [0.5, 0.6) is 0 Å². The number of benzene rings is 1. The van der Waals surface area contributed by atoms with Crippen LogP contribution in [-0.2, 0) is 4.74 Å². The van der Waals surface area contributed by atoms with E-state index in [1.54, 1.807) is 7.11 Å². The van der Waals surface area contributed by atoms with Gasteiger partial charge in [-0.1, -0.05) is 50.8 Å². The van der Waals surface area contributed by atoms with E-state index in [1.807, 2.05) is 44.2 Å². The Morgan fingerprint density at radius 3 is 2.08 bits per heavy atom. The summed E-state index contributed by atoms with van der Waals surface area (Å²) in [5.41, 5.74) is 1.03. The molecule has 0 saturated carbocycles. The van der Waals surface area contributed by atoms with Crippen LogP contribution in [0.3, 0.4) is 0 Å². The molecule has 1 rings (SSSR count). The first-order valence-electron chi connectivity index (χ1n) is 4.13. The molecule has 1 aromatic carbocycles. The minimum absolute atomic E-state index is 0.709. The Morgan fingerprint density at radius 2 is 1.67 bits per heavy atom. The maximum absolute atomic E-state index is 4.94.